The number of rotatable bonds is 3. The van der Waals surface area contributed by atoms with Crippen LogP contribution < -0.4 is 0 Å². The molecular formula is C13H15Br2N3. The van der Waals surface area contributed by atoms with Gasteiger partial charge in [0.25, 0.3) is 0 Å². The molecule has 0 aliphatic carbocycles. The molecule has 0 N–H and O–H groups in total. The molecule has 0 bridgehead atoms. The smallest absolute Gasteiger partial charge is 0.164 e. The van der Waals surface area contributed by atoms with Gasteiger partial charge in [-0.15, -0.1) is 10.2 Å². The molecule has 0 saturated heterocycles. The zero-order valence-electron chi connectivity index (χ0n) is 10.6. The molecule has 18 heavy (non-hydrogen) atoms. The Hall–Kier alpha value is -0.680. The lowest BCUT2D eigenvalue weighted by Crippen LogP contribution is -2.07. The Kier molecular flexibility index (Phi) is 4.22. The topological polar surface area (TPSA) is 30.7 Å². The van der Waals surface area contributed by atoms with Crippen LogP contribution in [0, 0.1) is 6.92 Å². The Bertz CT molecular complexity index is 561. The van der Waals surface area contributed by atoms with Crippen LogP contribution in [-0.2, 0) is 5.33 Å². The number of hydrogen-bond donors (Lipinski definition) is 0. The molecule has 2 rings (SSSR count). The summed E-state index contributed by atoms with van der Waals surface area (Å²) < 4.78 is 3.27. The minimum absolute atomic E-state index is 0.334. The Morgan fingerprint density at radius 3 is 2.61 bits per heavy atom. The van der Waals surface area contributed by atoms with E-state index in [0.29, 0.717) is 11.4 Å². The van der Waals surface area contributed by atoms with Gasteiger partial charge in [-0.25, -0.2) is 0 Å². The van der Waals surface area contributed by atoms with E-state index >= 15 is 0 Å². The lowest BCUT2D eigenvalue weighted by Gasteiger charge is -2.14. The van der Waals surface area contributed by atoms with Gasteiger partial charge in [-0.2, -0.15) is 0 Å². The molecule has 0 fully saturated rings. The van der Waals surface area contributed by atoms with E-state index in [9.17, 15) is 0 Å². The van der Waals surface area contributed by atoms with Gasteiger partial charge in [0.2, 0.25) is 0 Å². The van der Waals surface area contributed by atoms with Crippen molar-refractivity contribution >= 4 is 31.9 Å². The molecular weight excluding hydrogens is 358 g/mol. The monoisotopic (exact) mass is 371 g/mol. The second-order valence-corrected chi connectivity index (χ2v) is 5.86. The minimum Gasteiger partial charge on any atom is -0.308 e. The zero-order valence-corrected chi connectivity index (χ0v) is 13.8. The lowest BCUT2D eigenvalue weighted by atomic mass is 10.1. The average molecular weight is 373 g/mol. The fraction of sp³-hybridized carbons (Fsp3) is 0.385. The van der Waals surface area contributed by atoms with Crippen LogP contribution in [0.2, 0.25) is 0 Å². The second-order valence-electron chi connectivity index (χ2n) is 4.45. The number of alkyl halides is 1. The van der Waals surface area contributed by atoms with Crippen LogP contribution in [0.25, 0.3) is 11.4 Å². The molecule has 1 aromatic heterocycles. The summed E-state index contributed by atoms with van der Waals surface area (Å²) in [4.78, 5) is 0. The number of benzene rings is 1. The van der Waals surface area contributed by atoms with Crippen molar-refractivity contribution in [3.8, 4) is 11.4 Å². The van der Waals surface area contributed by atoms with Crippen molar-refractivity contribution in [2.45, 2.75) is 32.1 Å². The predicted octanol–water partition coefficient (Wildman–Crippen LogP) is 4.49. The molecule has 0 radical (unpaired) electrons. The molecule has 5 heteroatoms. The van der Waals surface area contributed by atoms with Gasteiger partial charge in [-0.05, 0) is 32.4 Å². The lowest BCUT2D eigenvalue weighted by molar-refractivity contribution is 0.586. The highest BCUT2D eigenvalue weighted by Gasteiger charge is 2.17. The summed E-state index contributed by atoms with van der Waals surface area (Å²) in [5, 5.41) is 9.31. The van der Waals surface area contributed by atoms with Crippen LogP contribution in [0.3, 0.4) is 0 Å². The van der Waals surface area contributed by atoms with E-state index in [1.807, 2.05) is 12.1 Å². The predicted molar refractivity (Wildman–Crippen MR) is 80.9 cm³/mol. The summed E-state index contributed by atoms with van der Waals surface area (Å²) in [6.07, 6.45) is 0. The third-order valence-electron chi connectivity index (χ3n) is 2.91. The largest absolute Gasteiger partial charge is 0.308 e. The maximum absolute atomic E-state index is 4.34. The Balaban J connectivity index is 2.64. The standard InChI is InChI=1S/C13H15Br2N3/c1-8(2)18-12(7-14)16-17-13(18)10-5-4-6-11(15)9(10)3/h4-6,8H,7H2,1-3H3. The molecule has 1 aromatic carbocycles. The summed E-state index contributed by atoms with van der Waals surface area (Å²) in [5.41, 5.74) is 2.31. The van der Waals surface area contributed by atoms with Crippen molar-refractivity contribution in [1.29, 1.82) is 0 Å². The normalized spacial score (nSPS) is 11.2. The first-order chi connectivity index (χ1) is 8.56. The molecule has 0 unspecified atom stereocenters. The summed E-state index contributed by atoms with van der Waals surface area (Å²) in [6.45, 7) is 6.38. The molecule has 0 spiro atoms. The third kappa shape index (κ3) is 2.38. The molecule has 0 aliphatic heterocycles. The molecule has 0 saturated carbocycles. The molecule has 3 nitrogen and oxygen atoms in total. The Labute approximate surface area is 124 Å². The molecule has 0 amide bonds. The maximum atomic E-state index is 4.34. The van der Waals surface area contributed by atoms with Crippen LogP contribution in [0.15, 0.2) is 22.7 Å². The quantitative estimate of drug-likeness (QED) is 0.743. The van der Waals surface area contributed by atoms with Crippen LogP contribution in [0.4, 0.5) is 0 Å². The van der Waals surface area contributed by atoms with E-state index < -0.39 is 0 Å². The molecule has 2 aromatic rings. The molecule has 1 heterocycles. The van der Waals surface area contributed by atoms with Crippen LogP contribution in [0.5, 0.6) is 0 Å². The number of hydrogen-bond acceptors (Lipinski definition) is 2. The maximum Gasteiger partial charge on any atom is 0.164 e. The van der Waals surface area contributed by atoms with Crippen molar-refractivity contribution < 1.29 is 0 Å². The number of halogens is 2. The molecule has 96 valence electrons. The molecule has 0 aliphatic rings. The number of nitrogens with zero attached hydrogens (tertiary/aromatic N) is 3. The highest BCUT2D eigenvalue weighted by atomic mass is 79.9. The van der Waals surface area contributed by atoms with Gasteiger partial charge in [0.15, 0.2) is 5.82 Å². The van der Waals surface area contributed by atoms with Gasteiger partial charge in [-0.3, -0.25) is 0 Å². The highest BCUT2D eigenvalue weighted by Crippen LogP contribution is 2.29. The Morgan fingerprint density at radius 1 is 1.28 bits per heavy atom. The van der Waals surface area contributed by atoms with E-state index in [1.54, 1.807) is 0 Å². The highest BCUT2D eigenvalue weighted by molar-refractivity contribution is 9.10. The van der Waals surface area contributed by atoms with E-state index in [-0.39, 0.29) is 0 Å². The van der Waals surface area contributed by atoms with Gasteiger partial charge in [0, 0.05) is 16.1 Å². The van der Waals surface area contributed by atoms with Crippen molar-refractivity contribution in [3.05, 3.63) is 34.1 Å². The molecule has 0 atom stereocenters. The van der Waals surface area contributed by atoms with Crippen LogP contribution in [0.1, 0.15) is 31.3 Å². The van der Waals surface area contributed by atoms with Crippen molar-refractivity contribution in [3.63, 3.8) is 0 Å². The first-order valence-corrected chi connectivity index (χ1v) is 7.73. The van der Waals surface area contributed by atoms with Crippen LogP contribution in [-0.4, -0.2) is 14.8 Å². The van der Waals surface area contributed by atoms with Crippen molar-refractivity contribution in [2.75, 3.05) is 0 Å². The summed E-state index contributed by atoms with van der Waals surface area (Å²) in [6, 6.07) is 6.49. The van der Waals surface area contributed by atoms with Crippen molar-refractivity contribution in [2.24, 2.45) is 0 Å². The van der Waals surface area contributed by atoms with E-state index in [4.69, 9.17) is 0 Å². The first-order valence-electron chi connectivity index (χ1n) is 5.81. The van der Waals surface area contributed by atoms with E-state index in [1.165, 1.54) is 5.56 Å². The average Bonchev–Trinajstić information content (AvgIpc) is 2.76. The SMILES string of the molecule is Cc1c(Br)cccc1-c1nnc(CBr)n1C(C)C. The van der Waals surface area contributed by atoms with Gasteiger partial charge in [0.05, 0.1) is 5.33 Å². The number of aromatic nitrogens is 3. The van der Waals surface area contributed by atoms with E-state index in [0.717, 1.165) is 21.7 Å². The summed E-state index contributed by atoms with van der Waals surface area (Å²) in [7, 11) is 0. The third-order valence-corrected chi connectivity index (χ3v) is 4.27. The second kappa shape index (κ2) is 5.53. The summed E-state index contributed by atoms with van der Waals surface area (Å²) >= 11 is 7.03. The van der Waals surface area contributed by atoms with E-state index in [2.05, 4.69) is 73.5 Å². The minimum atomic E-state index is 0.334. The van der Waals surface area contributed by atoms with Gasteiger partial charge in [-0.1, -0.05) is 44.0 Å². The fourth-order valence-electron chi connectivity index (χ4n) is 1.99. The van der Waals surface area contributed by atoms with Crippen molar-refractivity contribution in [1.82, 2.24) is 14.8 Å². The fourth-order valence-corrected chi connectivity index (χ4v) is 2.74. The van der Waals surface area contributed by atoms with Crippen LogP contribution >= 0.6 is 31.9 Å². The van der Waals surface area contributed by atoms with Gasteiger partial charge < -0.3 is 4.57 Å². The van der Waals surface area contributed by atoms with Gasteiger partial charge in [0.1, 0.15) is 5.82 Å². The Morgan fingerprint density at radius 2 is 2.00 bits per heavy atom. The zero-order chi connectivity index (χ0) is 13.3. The van der Waals surface area contributed by atoms with Gasteiger partial charge >= 0.3 is 0 Å². The first kappa shape index (κ1) is 13.7. The summed E-state index contributed by atoms with van der Waals surface area (Å²) in [5.74, 6) is 1.89.